The average Bonchev–Trinajstić information content (AvgIpc) is 3.10. The van der Waals surface area contributed by atoms with E-state index in [-0.39, 0.29) is 12.0 Å². The van der Waals surface area contributed by atoms with Crippen molar-refractivity contribution in [3.8, 4) is 0 Å². The molecule has 1 heterocycles. The highest BCUT2D eigenvalue weighted by Gasteiger charge is 2.20. The van der Waals surface area contributed by atoms with Crippen molar-refractivity contribution in [2.24, 2.45) is 0 Å². The maximum absolute atomic E-state index is 12.6. The number of nitrogens with one attached hydrogen (secondary N) is 2. The summed E-state index contributed by atoms with van der Waals surface area (Å²) < 4.78 is 0. The van der Waals surface area contributed by atoms with E-state index >= 15 is 0 Å². The van der Waals surface area contributed by atoms with Gasteiger partial charge in [-0.3, -0.25) is 9.89 Å². The van der Waals surface area contributed by atoms with Gasteiger partial charge < -0.3 is 10.4 Å². The van der Waals surface area contributed by atoms with Crippen LogP contribution in [0.15, 0.2) is 36.5 Å². The van der Waals surface area contributed by atoms with Gasteiger partial charge in [0.15, 0.2) is 0 Å². The smallest absolute Gasteiger partial charge is 0.256 e. The molecule has 23 heavy (non-hydrogen) atoms. The van der Waals surface area contributed by atoms with Gasteiger partial charge in [-0.05, 0) is 48.2 Å². The Bertz CT molecular complexity index is 919. The molecule has 0 unspecified atom stereocenters. The fourth-order valence-electron chi connectivity index (χ4n) is 3.07. The van der Waals surface area contributed by atoms with Gasteiger partial charge in [-0.1, -0.05) is 17.7 Å². The maximum Gasteiger partial charge on any atom is 0.256 e. The van der Waals surface area contributed by atoms with Crippen molar-refractivity contribution in [2.75, 3.05) is 5.32 Å². The number of anilines is 1. The molecule has 0 aliphatic heterocycles. The zero-order valence-electron chi connectivity index (χ0n) is 12.1. The summed E-state index contributed by atoms with van der Waals surface area (Å²) in [7, 11) is 0. The number of rotatable bonds is 2. The number of amides is 1. The number of H-pyrrole nitrogens is 1. The molecule has 1 atom stereocenters. The van der Waals surface area contributed by atoms with Crippen LogP contribution in [0.1, 0.15) is 21.5 Å². The van der Waals surface area contributed by atoms with Crippen LogP contribution in [0.2, 0.25) is 5.02 Å². The molecule has 4 rings (SSSR count). The third-order valence-electron chi connectivity index (χ3n) is 4.14. The molecule has 116 valence electrons. The van der Waals surface area contributed by atoms with Gasteiger partial charge in [0.1, 0.15) is 0 Å². The number of carbonyl (C=O) groups is 1. The maximum atomic E-state index is 12.6. The van der Waals surface area contributed by atoms with Gasteiger partial charge in [0.05, 0.1) is 23.4 Å². The molecule has 1 amide bonds. The van der Waals surface area contributed by atoms with E-state index in [9.17, 15) is 9.90 Å². The quantitative estimate of drug-likeness (QED) is 0.677. The molecular formula is C17H14ClN3O2. The minimum atomic E-state index is -0.325. The molecule has 0 radical (unpaired) electrons. The molecule has 1 aliphatic carbocycles. The monoisotopic (exact) mass is 327 g/mol. The second-order valence-corrected chi connectivity index (χ2v) is 6.22. The predicted molar refractivity (Wildman–Crippen MR) is 88.9 cm³/mol. The zero-order valence-corrected chi connectivity index (χ0v) is 12.9. The number of hydrogen-bond acceptors (Lipinski definition) is 3. The van der Waals surface area contributed by atoms with Gasteiger partial charge in [0, 0.05) is 16.1 Å². The molecule has 3 N–H and O–H groups in total. The summed E-state index contributed by atoms with van der Waals surface area (Å²) in [4.78, 5) is 12.6. The highest BCUT2D eigenvalue weighted by Crippen LogP contribution is 2.27. The van der Waals surface area contributed by atoms with Crippen molar-refractivity contribution >= 4 is 34.1 Å². The van der Waals surface area contributed by atoms with Crippen LogP contribution in [0.5, 0.6) is 0 Å². The average molecular weight is 328 g/mol. The van der Waals surface area contributed by atoms with E-state index in [0.29, 0.717) is 29.1 Å². The number of aromatic amines is 1. The van der Waals surface area contributed by atoms with E-state index < -0.39 is 0 Å². The van der Waals surface area contributed by atoms with Crippen molar-refractivity contribution in [1.29, 1.82) is 0 Å². The number of hydrogen-bond donors (Lipinski definition) is 3. The van der Waals surface area contributed by atoms with Crippen molar-refractivity contribution in [3.63, 3.8) is 0 Å². The van der Waals surface area contributed by atoms with E-state index in [1.54, 1.807) is 18.3 Å². The number of aliphatic hydroxyl groups is 1. The second-order valence-electron chi connectivity index (χ2n) is 5.78. The topological polar surface area (TPSA) is 78.0 Å². The van der Waals surface area contributed by atoms with Gasteiger partial charge in [-0.25, -0.2) is 0 Å². The normalized spacial score (nSPS) is 16.5. The molecular weight excluding hydrogens is 314 g/mol. The fourth-order valence-corrected chi connectivity index (χ4v) is 3.29. The molecule has 3 aromatic rings. The van der Waals surface area contributed by atoms with Crippen LogP contribution in [0.3, 0.4) is 0 Å². The Morgan fingerprint density at radius 3 is 2.96 bits per heavy atom. The second kappa shape index (κ2) is 5.37. The van der Waals surface area contributed by atoms with Crippen molar-refractivity contribution in [2.45, 2.75) is 18.9 Å². The number of carbonyl (C=O) groups excluding carboxylic acids is 1. The molecule has 0 saturated heterocycles. The van der Waals surface area contributed by atoms with Gasteiger partial charge in [-0.2, -0.15) is 5.10 Å². The first-order chi connectivity index (χ1) is 11.1. The molecule has 0 fully saturated rings. The summed E-state index contributed by atoms with van der Waals surface area (Å²) >= 11 is 6.07. The van der Waals surface area contributed by atoms with Crippen LogP contribution in [-0.2, 0) is 12.8 Å². The van der Waals surface area contributed by atoms with Gasteiger partial charge >= 0.3 is 0 Å². The van der Waals surface area contributed by atoms with E-state index in [1.807, 2.05) is 18.2 Å². The number of halogens is 1. The first-order valence-electron chi connectivity index (χ1n) is 7.34. The number of benzene rings is 2. The number of aliphatic hydroxyl groups excluding tert-OH is 1. The van der Waals surface area contributed by atoms with Crippen LogP contribution in [0.4, 0.5) is 5.69 Å². The molecule has 0 spiro atoms. The molecule has 1 aliphatic rings. The van der Waals surface area contributed by atoms with Gasteiger partial charge in [-0.15, -0.1) is 0 Å². The van der Waals surface area contributed by atoms with Crippen molar-refractivity contribution < 1.29 is 9.90 Å². The van der Waals surface area contributed by atoms with Crippen LogP contribution in [0, 0.1) is 0 Å². The SMILES string of the molecule is O=C(Nc1ccc2c(c1)C[C@H](O)C2)c1cc(Cl)cc2[nH]ncc12. The molecule has 0 saturated carbocycles. The lowest BCUT2D eigenvalue weighted by atomic mass is 10.1. The third-order valence-corrected chi connectivity index (χ3v) is 4.36. The van der Waals surface area contributed by atoms with Gasteiger partial charge in [0.2, 0.25) is 0 Å². The summed E-state index contributed by atoms with van der Waals surface area (Å²) in [6.45, 7) is 0. The highest BCUT2D eigenvalue weighted by molar-refractivity contribution is 6.32. The predicted octanol–water partition coefficient (Wildman–Crippen LogP) is 2.93. The van der Waals surface area contributed by atoms with Crippen LogP contribution in [0.25, 0.3) is 10.9 Å². The third kappa shape index (κ3) is 2.58. The van der Waals surface area contributed by atoms with Crippen molar-refractivity contribution in [1.82, 2.24) is 10.2 Å². The number of aromatic nitrogens is 2. The largest absolute Gasteiger partial charge is 0.392 e. The lowest BCUT2D eigenvalue weighted by molar-refractivity contribution is 0.102. The van der Waals surface area contributed by atoms with Crippen LogP contribution >= 0.6 is 11.6 Å². The number of fused-ring (bicyclic) bond motifs is 2. The Kier molecular flexibility index (Phi) is 3.32. The summed E-state index contributed by atoms with van der Waals surface area (Å²) in [6, 6.07) is 9.09. The Morgan fingerprint density at radius 2 is 2.09 bits per heavy atom. The molecule has 0 bridgehead atoms. The van der Waals surface area contributed by atoms with E-state index in [0.717, 1.165) is 22.0 Å². The zero-order chi connectivity index (χ0) is 16.0. The van der Waals surface area contributed by atoms with Crippen LogP contribution in [-0.4, -0.2) is 27.3 Å². The molecule has 6 heteroatoms. The fraction of sp³-hybridized carbons (Fsp3) is 0.176. The Hall–Kier alpha value is -2.37. The van der Waals surface area contributed by atoms with Crippen molar-refractivity contribution in [3.05, 3.63) is 58.2 Å². The van der Waals surface area contributed by atoms with E-state index in [4.69, 9.17) is 11.6 Å². The molecule has 2 aromatic carbocycles. The summed E-state index contributed by atoms with van der Waals surface area (Å²) in [5.41, 5.74) is 4.12. The summed E-state index contributed by atoms with van der Waals surface area (Å²) in [5, 5.41) is 20.6. The highest BCUT2D eigenvalue weighted by atomic mass is 35.5. The first kappa shape index (κ1) is 14.2. The lowest BCUT2D eigenvalue weighted by Crippen LogP contribution is -2.12. The Labute approximate surface area is 137 Å². The van der Waals surface area contributed by atoms with Gasteiger partial charge in [0.25, 0.3) is 5.91 Å². The first-order valence-corrected chi connectivity index (χ1v) is 7.72. The summed E-state index contributed by atoms with van der Waals surface area (Å²) in [6.07, 6.45) is 2.59. The molecule has 5 nitrogen and oxygen atoms in total. The number of nitrogens with zero attached hydrogens (tertiary/aromatic N) is 1. The summed E-state index contributed by atoms with van der Waals surface area (Å²) in [5.74, 6) is -0.239. The minimum absolute atomic E-state index is 0.239. The lowest BCUT2D eigenvalue weighted by Gasteiger charge is -2.08. The van der Waals surface area contributed by atoms with Crippen LogP contribution < -0.4 is 5.32 Å². The standard InChI is InChI=1S/C17H14ClN3O2/c18-11-6-14(15-8-19-21-16(15)7-11)17(23)20-12-2-1-9-4-13(22)5-10(9)3-12/h1-3,6-8,13,22H,4-5H2,(H,19,21)(H,20,23)/t13-/m1/s1. The van der Waals surface area contributed by atoms with E-state index in [2.05, 4.69) is 15.5 Å². The van der Waals surface area contributed by atoms with E-state index in [1.165, 1.54) is 0 Å². The molecule has 1 aromatic heterocycles. The Balaban J connectivity index is 1.65. The minimum Gasteiger partial charge on any atom is -0.392 e. The Morgan fingerprint density at radius 1 is 1.26 bits per heavy atom.